The van der Waals surface area contributed by atoms with Crippen LogP contribution in [0.15, 0.2) is 16.3 Å². The number of amides is 4. The van der Waals surface area contributed by atoms with Crippen LogP contribution in [0.2, 0.25) is 0 Å². The molecule has 0 N–H and O–H groups in total. The van der Waals surface area contributed by atoms with Crippen molar-refractivity contribution in [2.24, 2.45) is 10.9 Å². The standard InChI is InChI=1S/C18H25N4O5/c1-4-12-10-19-16-14(15(12)27-5-2)17(24)22(18(25)20(16)3)11-13(23)21-6-8-26-9-7-21/h10,14H,4-9,11H2,1-3H3/q+1. The Bertz CT molecular complexity index is 749. The van der Waals surface area contributed by atoms with Crippen LogP contribution in [0.4, 0.5) is 4.79 Å². The van der Waals surface area contributed by atoms with E-state index in [0.29, 0.717) is 50.9 Å². The summed E-state index contributed by atoms with van der Waals surface area (Å²) in [5.41, 5.74) is 0.821. The monoisotopic (exact) mass is 377 g/mol. The van der Waals surface area contributed by atoms with Gasteiger partial charge in [-0.05, 0) is 13.3 Å². The van der Waals surface area contributed by atoms with Crippen molar-refractivity contribution in [1.82, 2.24) is 9.80 Å². The van der Waals surface area contributed by atoms with Crippen molar-refractivity contribution < 1.29 is 28.4 Å². The van der Waals surface area contributed by atoms with Crippen LogP contribution in [0, 0.1) is 5.92 Å². The highest BCUT2D eigenvalue weighted by Crippen LogP contribution is 2.29. The maximum atomic E-state index is 13.2. The predicted molar refractivity (Wildman–Crippen MR) is 96.6 cm³/mol. The van der Waals surface area contributed by atoms with Gasteiger partial charge in [0.25, 0.3) is 11.7 Å². The van der Waals surface area contributed by atoms with Gasteiger partial charge in [-0.1, -0.05) is 6.92 Å². The molecule has 0 spiro atoms. The van der Waals surface area contributed by atoms with E-state index in [1.54, 1.807) is 18.2 Å². The van der Waals surface area contributed by atoms with Gasteiger partial charge in [-0.15, -0.1) is 4.99 Å². The first-order valence-electron chi connectivity index (χ1n) is 9.20. The molecule has 3 aliphatic rings. The SMILES string of the molecule is CCOC1=C(CC)C=NC2=[N+](C)C(=O)N(CC(=O)N3CCOCC3)C(=O)C12. The van der Waals surface area contributed by atoms with Crippen molar-refractivity contribution in [2.45, 2.75) is 20.3 Å². The number of aliphatic imine (C=N–C) groups is 1. The lowest BCUT2D eigenvalue weighted by atomic mass is 9.94. The molecule has 3 rings (SSSR count). The second-order valence-corrected chi connectivity index (χ2v) is 6.48. The minimum Gasteiger partial charge on any atom is -0.496 e. The molecule has 0 radical (unpaired) electrons. The third-order valence-electron chi connectivity index (χ3n) is 4.90. The summed E-state index contributed by atoms with van der Waals surface area (Å²) in [7, 11) is 1.56. The molecule has 1 fully saturated rings. The Labute approximate surface area is 157 Å². The molecular weight excluding hydrogens is 352 g/mol. The lowest BCUT2D eigenvalue weighted by Crippen LogP contribution is -2.58. The van der Waals surface area contributed by atoms with E-state index < -0.39 is 17.9 Å². The van der Waals surface area contributed by atoms with Gasteiger partial charge >= 0.3 is 11.9 Å². The highest BCUT2D eigenvalue weighted by Gasteiger charge is 2.51. The van der Waals surface area contributed by atoms with Crippen LogP contribution >= 0.6 is 0 Å². The van der Waals surface area contributed by atoms with Gasteiger partial charge in [0.2, 0.25) is 0 Å². The van der Waals surface area contributed by atoms with Crippen LogP contribution in [0.3, 0.4) is 0 Å². The van der Waals surface area contributed by atoms with Gasteiger partial charge in [0.05, 0.1) is 26.9 Å². The highest BCUT2D eigenvalue weighted by atomic mass is 16.5. The van der Waals surface area contributed by atoms with Crippen molar-refractivity contribution in [1.29, 1.82) is 0 Å². The summed E-state index contributed by atoms with van der Waals surface area (Å²) in [6.07, 6.45) is 2.29. The van der Waals surface area contributed by atoms with E-state index in [9.17, 15) is 14.4 Å². The van der Waals surface area contributed by atoms with Gasteiger partial charge in [0, 0.05) is 18.7 Å². The van der Waals surface area contributed by atoms with Crippen LogP contribution < -0.4 is 0 Å². The summed E-state index contributed by atoms with van der Waals surface area (Å²) in [5.74, 6) is -0.696. The Balaban J connectivity index is 1.90. The second-order valence-electron chi connectivity index (χ2n) is 6.48. The summed E-state index contributed by atoms with van der Waals surface area (Å²) >= 11 is 0. The minimum absolute atomic E-state index is 0.270. The fraction of sp³-hybridized carbons (Fsp3) is 0.611. The molecule has 3 aliphatic heterocycles. The molecule has 1 saturated heterocycles. The Hall–Kier alpha value is -2.55. The number of hydrogen-bond acceptors (Lipinski definition) is 6. The Morgan fingerprint density at radius 3 is 2.67 bits per heavy atom. The number of dihydropyridines is 1. The zero-order chi connectivity index (χ0) is 19.6. The number of imide groups is 1. The first-order valence-corrected chi connectivity index (χ1v) is 9.20. The number of fused-ring (bicyclic) bond motifs is 1. The van der Waals surface area contributed by atoms with Crippen LogP contribution in [-0.4, -0.2) is 90.8 Å². The number of carbonyl (C=O) groups is 3. The molecular formula is C18H25N4O5+. The molecule has 0 aromatic carbocycles. The molecule has 0 bridgehead atoms. The van der Waals surface area contributed by atoms with Gasteiger partial charge in [0.1, 0.15) is 12.0 Å². The number of morpholine rings is 1. The molecule has 27 heavy (non-hydrogen) atoms. The normalized spacial score (nSPS) is 23.1. The molecule has 4 amide bonds. The van der Waals surface area contributed by atoms with Crippen molar-refractivity contribution in [3.8, 4) is 0 Å². The van der Waals surface area contributed by atoms with Crippen LogP contribution in [0.25, 0.3) is 0 Å². The van der Waals surface area contributed by atoms with E-state index in [-0.39, 0.29) is 12.5 Å². The minimum atomic E-state index is -0.801. The number of urea groups is 1. The topological polar surface area (TPSA) is 91.5 Å². The van der Waals surface area contributed by atoms with E-state index in [4.69, 9.17) is 9.47 Å². The third kappa shape index (κ3) is 3.51. The quantitative estimate of drug-likeness (QED) is 0.641. The number of carbonyl (C=O) groups excluding carboxylic acids is 3. The lowest BCUT2D eigenvalue weighted by molar-refractivity contribution is -0.408. The first-order chi connectivity index (χ1) is 13.0. The Morgan fingerprint density at radius 1 is 1.33 bits per heavy atom. The number of amidine groups is 1. The van der Waals surface area contributed by atoms with Crippen LogP contribution in [-0.2, 0) is 19.1 Å². The zero-order valence-electron chi connectivity index (χ0n) is 15.9. The number of ether oxygens (including phenoxy) is 2. The van der Waals surface area contributed by atoms with Gasteiger partial charge in [-0.2, -0.15) is 9.48 Å². The van der Waals surface area contributed by atoms with E-state index in [2.05, 4.69) is 4.99 Å². The Kier molecular flexibility index (Phi) is 5.69. The predicted octanol–water partition coefficient (Wildman–Crippen LogP) is 0.249. The smallest absolute Gasteiger partial charge is 0.446 e. The number of hydrogen-bond donors (Lipinski definition) is 0. The summed E-state index contributed by atoms with van der Waals surface area (Å²) in [5, 5.41) is 0. The van der Waals surface area contributed by atoms with Gasteiger partial charge in [-0.25, -0.2) is 4.79 Å². The van der Waals surface area contributed by atoms with Crippen molar-refractivity contribution in [3.63, 3.8) is 0 Å². The van der Waals surface area contributed by atoms with E-state index in [1.807, 2.05) is 13.8 Å². The summed E-state index contributed by atoms with van der Waals surface area (Å²) in [4.78, 5) is 45.4. The fourth-order valence-electron chi connectivity index (χ4n) is 3.41. The van der Waals surface area contributed by atoms with Gasteiger partial charge in [0.15, 0.2) is 12.5 Å². The molecule has 0 aliphatic carbocycles. The van der Waals surface area contributed by atoms with Crippen molar-refractivity contribution >= 4 is 29.9 Å². The third-order valence-corrected chi connectivity index (χ3v) is 4.90. The highest BCUT2D eigenvalue weighted by molar-refractivity contribution is 6.16. The van der Waals surface area contributed by atoms with E-state index in [1.165, 1.54) is 4.58 Å². The summed E-state index contributed by atoms with van der Waals surface area (Å²) in [6.45, 7) is 5.73. The van der Waals surface area contributed by atoms with Gasteiger partial charge in [-0.3, -0.25) is 9.59 Å². The molecule has 9 nitrogen and oxygen atoms in total. The second kappa shape index (κ2) is 7.99. The van der Waals surface area contributed by atoms with E-state index >= 15 is 0 Å². The average Bonchev–Trinajstić information content (AvgIpc) is 2.70. The summed E-state index contributed by atoms with van der Waals surface area (Å²) < 4.78 is 12.3. The van der Waals surface area contributed by atoms with E-state index in [0.717, 1.165) is 10.5 Å². The van der Waals surface area contributed by atoms with Crippen LogP contribution in [0.5, 0.6) is 0 Å². The average molecular weight is 377 g/mol. The molecule has 3 heterocycles. The molecule has 9 heteroatoms. The molecule has 0 aromatic heterocycles. The maximum absolute atomic E-state index is 13.2. The maximum Gasteiger partial charge on any atom is 0.446 e. The zero-order valence-corrected chi connectivity index (χ0v) is 15.9. The number of rotatable bonds is 5. The first kappa shape index (κ1) is 19.2. The molecule has 1 unspecified atom stereocenters. The fourth-order valence-corrected chi connectivity index (χ4v) is 3.41. The molecule has 0 aromatic rings. The molecule has 146 valence electrons. The number of nitrogens with zero attached hydrogens (tertiary/aromatic N) is 4. The van der Waals surface area contributed by atoms with Crippen LogP contribution in [0.1, 0.15) is 20.3 Å². The lowest BCUT2D eigenvalue weighted by Gasteiger charge is -2.31. The molecule has 1 atom stereocenters. The Morgan fingerprint density at radius 2 is 2.04 bits per heavy atom. The van der Waals surface area contributed by atoms with Gasteiger partial charge < -0.3 is 14.4 Å². The summed E-state index contributed by atoms with van der Waals surface area (Å²) in [6, 6.07) is -0.555. The molecule has 0 saturated carbocycles. The number of allylic oxidation sites excluding steroid dienone is 1. The largest absolute Gasteiger partial charge is 0.496 e. The van der Waals surface area contributed by atoms with Crippen molar-refractivity contribution in [3.05, 3.63) is 11.3 Å². The van der Waals surface area contributed by atoms with Crippen molar-refractivity contribution in [2.75, 3.05) is 46.5 Å².